The van der Waals surface area contributed by atoms with E-state index in [-0.39, 0.29) is 6.10 Å². The second kappa shape index (κ2) is 5.61. The van der Waals surface area contributed by atoms with Crippen molar-refractivity contribution in [2.24, 2.45) is 0 Å². The van der Waals surface area contributed by atoms with Crippen LogP contribution in [-0.2, 0) is 19.3 Å². The summed E-state index contributed by atoms with van der Waals surface area (Å²) in [4.78, 5) is 4.18. The van der Waals surface area contributed by atoms with Crippen LogP contribution in [0.2, 0.25) is 0 Å². The van der Waals surface area contributed by atoms with Crippen LogP contribution in [0.1, 0.15) is 40.5 Å². The molecule has 0 radical (unpaired) electrons. The summed E-state index contributed by atoms with van der Waals surface area (Å²) in [5, 5.41) is 0. The van der Waals surface area contributed by atoms with Gasteiger partial charge in [0, 0.05) is 11.7 Å². The zero-order valence-corrected chi connectivity index (χ0v) is 15.4. The molecule has 2 heterocycles. The molecule has 3 rings (SSSR count). The number of sulfonamides is 1. The lowest BCUT2D eigenvalue weighted by Gasteiger charge is -2.32. The third-order valence-electron chi connectivity index (χ3n) is 4.55. The predicted molar refractivity (Wildman–Crippen MR) is 92.1 cm³/mol. The van der Waals surface area contributed by atoms with Gasteiger partial charge in [-0.05, 0) is 40.5 Å². The molecule has 1 aliphatic carbocycles. The van der Waals surface area contributed by atoms with Gasteiger partial charge in [0.15, 0.2) is 5.75 Å². The van der Waals surface area contributed by atoms with Crippen molar-refractivity contribution in [3.05, 3.63) is 12.4 Å². The van der Waals surface area contributed by atoms with Gasteiger partial charge >= 0.3 is 7.12 Å². The maximum atomic E-state index is 11.8. The lowest BCUT2D eigenvalue weighted by atomic mass is 9.79. The van der Waals surface area contributed by atoms with E-state index in [1.165, 1.54) is 6.20 Å². The van der Waals surface area contributed by atoms with E-state index < -0.39 is 28.3 Å². The molecule has 9 heteroatoms. The molecule has 1 N–H and O–H groups in total. The van der Waals surface area contributed by atoms with Crippen LogP contribution in [0.25, 0.3) is 0 Å². The van der Waals surface area contributed by atoms with Crippen LogP contribution in [0.15, 0.2) is 12.4 Å². The van der Waals surface area contributed by atoms with Crippen molar-refractivity contribution in [2.75, 3.05) is 11.0 Å². The minimum absolute atomic E-state index is 0.112. The number of ether oxygens (including phenoxy) is 1. The molecular formula is C15H23BN2O5S. The van der Waals surface area contributed by atoms with Crippen LogP contribution < -0.4 is 14.9 Å². The number of rotatable bonds is 5. The van der Waals surface area contributed by atoms with Gasteiger partial charge in [0.1, 0.15) is 0 Å². The highest BCUT2D eigenvalue weighted by Crippen LogP contribution is 2.38. The average Bonchev–Trinajstić information content (AvgIpc) is 3.17. The third kappa shape index (κ3) is 3.53. The highest BCUT2D eigenvalue weighted by Gasteiger charge is 2.52. The number of hydrogen-bond donors (Lipinski definition) is 1. The van der Waals surface area contributed by atoms with E-state index in [0.29, 0.717) is 16.9 Å². The average molecular weight is 354 g/mol. The van der Waals surface area contributed by atoms with Crippen molar-refractivity contribution >= 4 is 28.3 Å². The number of hydrogen-bond acceptors (Lipinski definition) is 6. The normalized spacial score (nSPS) is 22.5. The van der Waals surface area contributed by atoms with Crippen molar-refractivity contribution in [3.63, 3.8) is 0 Å². The molecule has 132 valence electrons. The molecule has 24 heavy (non-hydrogen) atoms. The molecule has 1 saturated carbocycles. The standard InChI is InChI=1S/C15H23BN2O5S/c1-14(2)15(3,4)23-16(22-14)11-8-17-9-12(21-10-6-7-10)13(11)18-24(5,19)20/h8-10H,6-7H2,1-5H3,(H,17,18). The Hall–Kier alpha value is -1.32. The Bertz CT molecular complexity index is 730. The van der Waals surface area contributed by atoms with E-state index in [2.05, 4.69) is 9.71 Å². The predicted octanol–water partition coefficient (Wildman–Crippen LogP) is 1.29. The summed E-state index contributed by atoms with van der Waals surface area (Å²) in [6, 6.07) is 0. The smallest absolute Gasteiger partial charge is 0.487 e. The van der Waals surface area contributed by atoms with Crippen LogP contribution in [0.4, 0.5) is 5.69 Å². The zero-order chi connectivity index (χ0) is 17.8. The topological polar surface area (TPSA) is 86.8 Å². The fourth-order valence-electron chi connectivity index (χ4n) is 2.35. The molecule has 0 amide bonds. The Morgan fingerprint density at radius 3 is 2.29 bits per heavy atom. The third-order valence-corrected chi connectivity index (χ3v) is 5.13. The van der Waals surface area contributed by atoms with Gasteiger partial charge in [0.05, 0.1) is 35.4 Å². The molecule has 2 fully saturated rings. The molecular weight excluding hydrogens is 331 g/mol. The van der Waals surface area contributed by atoms with Crippen molar-refractivity contribution in [3.8, 4) is 5.75 Å². The lowest BCUT2D eigenvalue weighted by molar-refractivity contribution is 0.00578. The van der Waals surface area contributed by atoms with Gasteiger partial charge in [0.25, 0.3) is 0 Å². The Morgan fingerprint density at radius 1 is 1.21 bits per heavy atom. The van der Waals surface area contributed by atoms with Crippen molar-refractivity contribution in [1.29, 1.82) is 0 Å². The van der Waals surface area contributed by atoms with Crippen molar-refractivity contribution in [1.82, 2.24) is 4.98 Å². The zero-order valence-electron chi connectivity index (χ0n) is 14.6. The Labute approximate surface area is 143 Å². The quantitative estimate of drug-likeness (QED) is 0.802. The van der Waals surface area contributed by atoms with Crippen LogP contribution in [-0.4, -0.2) is 44.1 Å². The maximum absolute atomic E-state index is 11.8. The van der Waals surface area contributed by atoms with Crippen LogP contribution in [0, 0.1) is 0 Å². The van der Waals surface area contributed by atoms with E-state index >= 15 is 0 Å². The molecule has 0 aromatic carbocycles. The highest BCUT2D eigenvalue weighted by molar-refractivity contribution is 7.92. The summed E-state index contributed by atoms with van der Waals surface area (Å²) in [6.07, 6.45) is 6.19. The lowest BCUT2D eigenvalue weighted by Crippen LogP contribution is -2.41. The number of nitrogens with zero attached hydrogens (tertiary/aromatic N) is 1. The molecule has 0 spiro atoms. The van der Waals surface area contributed by atoms with Crippen LogP contribution in [0.5, 0.6) is 5.75 Å². The molecule has 7 nitrogen and oxygen atoms in total. The molecule has 2 aliphatic rings. The first-order chi connectivity index (χ1) is 11.0. The van der Waals surface area contributed by atoms with Gasteiger partial charge in [-0.25, -0.2) is 8.42 Å². The summed E-state index contributed by atoms with van der Waals surface area (Å²) in [7, 11) is -4.22. The van der Waals surface area contributed by atoms with Crippen molar-refractivity contribution in [2.45, 2.75) is 57.8 Å². The first-order valence-corrected chi connectivity index (χ1v) is 9.86. The first-order valence-electron chi connectivity index (χ1n) is 7.96. The maximum Gasteiger partial charge on any atom is 0.498 e. The molecule has 1 aromatic heterocycles. The van der Waals surface area contributed by atoms with E-state index in [1.807, 2.05) is 27.7 Å². The number of pyridine rings is 1. The molecule has 1 aliphatic heterocycles. The van der Waals surface area contributed by atoms with Crippen LogP contribution >= 0.6 is 0 Å². The number of aromatic nitrogens is 1. The second-order valence-corrected chi connectivity index (χ2v) is 9.13. The number of anilines is 1. The minimum atomic E-state index is -3.49. The SMILES string of the molecule is CC1(C)OB(c2cncc(OC3CC3)c2NS(C)(=O)=O)OC1(C)C. The van der Waals surface area contributed by atoms with E-state index in [9.17, 15) is 8.42 Å². The van der Waals surface area contributed by atoms with E-state index in [1.54, 1.807) is 6.20 Å². The Kier molecular flexibility index (Phi) is 4.09. The molecule has 0 bridgehead atoms. The molecule has 1 saturated heterocycles. The molecule has 0 unspecified atom stereocenters. The summed E-state index contributed by atoms with van der Waals surface area (Å²) >= 11 is 0. The molecule has 0 atom stereocenters. The molecule has 1 aromatic rings. The summed E-state index contributed by atoms with van der Waals surface area (Å²) in [5.41, 5.74) is -0.226. The van der Waals surface area contributed by atoms with Gasteiger partial charge < -0.3 is 14.0 Å². The second-order valence-electron chi connectivity index (χ2n) is 7.38. The first kappa shape index (κ1) is 17.5. The van der Waals surface area contributed by atoms with Gasteiger partial charge in [-0.15, -0.1) is 0 Å². The minimum Gasteiger partial charge on any atom is -0.487 e. The van der Waals surface area contributed by atoms with Gasteiger partial charge in [-0.2, -0.15) is 0 Å². The van der Waals surface area contributed by atoms with E-state index in [0.717, 1.165) is 19.1 Å². The fraction of sp³-hybridized carbons (Fsp3) is 0.667. The van der Waals surface area contributed by atoms with Gasteiger partial charge in [-0.3, -0.25) is 9.71 Å². The van der Waals surface area contributed by atoms with Gasteiger partial charge in [0.2, 0.25) is 10.0 Å². The monoisotopic (exact) mass is 354 g/mol. The van der Waals surface area contributed by atoms with E-state index in [4.69, 9.17) is 14.0 Å². The summed E-state index contributed by atoms with van der Waals surface area (Å²) in [6.45, 7) is 7.76. The highest BCUT2D eigenvalue weighted by atomic mass is 32.2. The largest absolute Gasteiger partial charge is 0.498 e. The fourth-order valence-corrected chi connectivity index (χ4v) is 2.94. The van der Waals surface area contributed by atoms with Crippen LogP contribution in [0.3, 0.4) is 0 Å². The Balaban J connectivity index is 2.00. The Morgan fingerprint density at radius 2 is 1.79 bits per heavy atom. The summed E-state index contributed by atoms with van der Waals surface area (Å²) in [5.74, 6) is 0.398. The van der Waals surface area contributed by atoms with Crippen molar-refractivity contribution < 1.29 is 22.5 Å². The van der Waals surface area contributed by atoms with Gasteiger partial charge in [-0.1, -0.05) is 0 Å². The number of nitrogens with one attached hydrogen (secondary N) is 1. The summed E-state index contributed by atoms with van der Waals surface area (Å²) < 4.78 is 44.0.